The van der Waals surface area contributed by atoms with Crippen LogP contribution in [0, 0.1) is 11.3 Å². The number of rotatable bonds is 5. The predicted molar refractivity (Wildman–Crippen MR) is 135 cm³/mol. The summed E-state index contributed by atoms with van der Waals surface area (Å²) in [6.07, 6.45) is 5.48. The van der Waals surface area contributed by atoms with E-state index in [0.29, 0.717) is 17.2 Å². The Balaban J connectivity index is 1.51. The van der Waals surface area contributed by atoms with Gasteiger partial charge in [-0.25, -0.2) is 0 Å². The van der Waals surface area contributed by atoms with E-state index in [-0.39, 0.29) is 11.8 Å². The number of amides is 2. The van der Waals surface area contributed by atoms with Gasteiger partial charge in [-0.05, 0) is 61.8 Å². The Morgan fingerprint density at radius 2 is 1.61 bits per heavy atom. The first kappa shape index (κ1) is 23.3. The Labute approximate surface area is 198 Å². The van der Waals surface area contributed by atoms with Crippen LogP contribution in [0.2, 0.25) is 0 Å². The number of anilines is 2. The van der Waals surface area contributed by atoms with Crippen LogP contribution in [0.1, 0.15) is 62.4 Å². The number of carbonyl (C=O) groups excluding carboxylic acids is 2. The van der Waals surface area contributed by atoms with Gasteiger partial charge in [0.1, 0.15) is 0 Å². The minimum Gasteiger partial charge on any atom is -0.371 e. The lowest BCUT2D eigenvalue weighted by molar-refractivity contribution is -0.123. The van der Waals surface area contributed by atoms with E-state index in [1.165, 1.54) is 5.56 Å². The van der Waals surface area contributed by atoms with Crippen molar-refractivity contribution in [2.45, 2.75) is 52.9 Å². The van der Waals surface area contributed by atoms with E-state index in [9.17, 15) is 9.59 Å². The summed E-state index contributed by atoms with van der Waals surface area (Å²) in [6, 6.07) is 16.6. The van der Waals surface area contributed by atoms with Crippen LogP contribution in [0.15, 0.2) is 48.5 Å². The summed E-state index contributed by atoms with van der Waals surface area (Å²) in [5.41, 5.74) is 3.32. The zero-order valence-corrected chi connectivity index (χ0v) is 20.3. The highest BCUT2D eigenvalue weighted by molar-refractivity contribution is 6.02. The van der Waals surface area contributed by atoms with Gasteiger partial charge in [0.2, 0.25) is 5.91 Å². The standard InChI is InChI=1S/C28H37N3O2/c1-28(2,3)27(33)29-23-11-12-25(24(20-23)26(32)31-15-7-8-16-31)30-17-13-22(14-18-30)19-21-9-5-4-6-10-21/h4-6,9-12,20,22H,7-8,13-19H2,1-3H3,(H,29,33). The maximum absolute atomic E-state index is 13.4. The highest BCUT2D eigenvalue weighted by atomic mass is 16.2. The monoisotopic (exact) mass is 447 g/mol. The molecule has 4 rings (SSSR count). The third-order valence-electron chi connectivity index (χ3n) is 6.88. The minimum absolute atomic E-state index is 0.0449. The third-order valence-corrected chi connectivity index (χ3v) is 6.88. The number of nitrogens with one attached hydrogen (secondary N) is 1. The van der Waals surface area contributed by atoms with Crippen molar-refractivity contribution >= 4 is 23.2 Å². The molecule has 0 spiro atoms. The second-order valence-electron chi connectivity index (χ2n) is 10.6. The van der Waals surface area contributed by atoms with Crippen LogP contribution in [0.4, 0.5) is 11.4 Å². The molecule has 2 heterocycles. The molecular formula is C28H37N3O2. The van der Waals surface area contributed by atoms with Crippen molar-refractivity contribution in [1.82, 2.24) is 4.90 Å². The maximum atomic E-state index is 13.4. The number of piperidine rings is 1. The second kappa shape index (κ2) is 9.98. The predicted octanol–water partition coefficient (Wildman–Crippen LogP) is 5.37. The van der Waals surface area contributed by atoms with Gasteiger partial charge in [0.25, 0.3) is 5.91 Å². The summed E-state index contributed by atoms with van der Waals surface area (Å²) >= 11 is 0. The van der Waals surface area contributed by atoms with Crippen LogP contribution < -0.4 is 10.2 Å². The molecule has 1 N–H and O–H groups in total. The van der Waals surface area contributed by atoms with Crippen molar-refractivity contribution in [3.8, 4) is 0 Å². The zero-order chi connectivity index (χ0) is 23.4. The highest BCUT2D eigenvalue weighted by Gasteiger charge is 2.28. The van der Waals surface area contributed by atoms with Crippen molar-refractivity contribution < 1.29 is 9.59 Å². The molecule has 2 amide bonds. The summed E-state index contributed by atoms with van der Waals surface area (Å²) in [5.74, 6) is 0.712. The van der Waals surface area contributed by atoms with Gasteiger partial charge in [-0.2, -0.15) is 0 Å². The van der Waals surface area contributed by atoms with Crippen LogP contribution in [0.3, 0.4) is 0 Å². The highest BCUT2D eigenvalue weighted by Crippen LogP contribution is 2.32. The average Bonchev–Trinajstić information content (AvgIpc) is 3.34. The normalized spacial score (nSPS) is 17.3. The first-order valence-corrected chi connectivity index (χ1v) is 12.3. The van der Waals surface area contributed by atoms with E-state index >= 15 is 0 Å². The average molecular weight is 448 g/mol. The van der Waals surface area contributed by atoms with Gasteiger partial charge >= 0.3 is 0 Å². The largest absolute Gasteiger partial charge is 0.371 e. The summed E-state index contributed by atoms with van der Waals surface area (Å²) in [4.78, 5) is 30.3. The molecule has 2 saturated heterocycles. The summed E-state index contributed by atoms with van der Waals surface area (Å²) in [7, 11) is 0. The molecule has 2 aromatic carbocycles. The molecule has 2 aliphatic rings. The quantitative estimate of drug-likeness (QED) is 0.671. The Bertz CT molecular complexity index is 966. The molecule has 0 saturated carbocycles. The Morgan fingerprint density at radius 3 is 2.24 bits per heavy atom. The van der Waals surface area contributed by atoms with E-state index in [1.54, 1.807) is 0 Å². The minimum atomic E-state index is -0.488. The van der Waals surface area contributed by atoms with Gasteiger partial charge < -0.3 is 15.1 Å². The summed E-state index contributed by atoms with van der Waals surface area (Å²) in [5, 5.41) is 3.00. The van der Waals surface area contributed by atoms with Crippen molar-refractivity contribution in [2.24, 2.45) is 11.3 Å². The Kier molecular flexibility index (Phi) is 7.06. The molecule has 2 aliphatic heterocycles. The number of benzene rings is 2. The smallest absolute Gasteiger partial charge is 0.256 e. The molecular weight excluding hydrogens is 410 g/mol. The van der Waals surface area contributed by atoms with Gasteiger partial charge in [0.15, 0.2) is 0 Å². The SMILES string of the molecule is CC(C)(C)C(=O)Nc1ccc(N2CCC(Cc3ccccc3)CC2)c(C(=O)N2CCCC2)c1. The second-order valence-corrected chi connectivity index (χ2v) is 10.6. The molecule has 5 nitrogen and oxygen atoms in total. The molecule has 176 valence electrons. The number of carbonyl (C=O) groups is 2. The molecule has 2 aromatic rings. The fourth-order valence-electron chi connectivity index (χ4n) is 4.80. The van der Waals surface area contributed by atoms with E-state index in [0.717, 1.165) is 64.0 Å². The topological polar surface area (TPSA) is 52.7 Å². The van der Waals surface area contributed by atoms with Gasteiger partial charge in [-0.15, -0.1) is 0 Å². The first-order chi connectivity index (χ1) is 15.8. The third kappa shape index (κ3) is 5.76. The number of nitrogens with zero attached hydrogens (tertiary/aromatic N) is 2. The van der Waals surface area contributed by atoms with Gasteiger partial charge in [0.05, 0.1) is 5.56 Å². The van der Waals surface area contributed by atoms with Crippen LogP contribution in [0.5, 0.6) is 0 Å². The lowest BCUT2D eigenvalue weighted by Crippen LogP contribution is -2.37. The fourth-order valence-corrected chi connectivity index (χ4v) is 4.80. The summed E-state index contributed by atoms with van der Waals surface area (Å²) < 4.78 is 0. The number of likely N-dealkylation sites (tertiary alicyclic amines) is 1. The Hall–Kier alpha value is -2.82. The first-order valence-electron chi connectivity index (χ1n) is 12.3. The molecule has 0 aromatic heterocycles. The van der Waals surface area contributed by atoms with E-state index < -0.39 is 5.41 Å². The molecule has 2 fully saturated rings. The van der Waals surface area contributed by atoms with Crippen molar-refractivity contribution in [1.29, 1.82) is 0 Å². The molecule has 0 aliphatic carbocycles. The van der Waals surface area contributed by atoms with E-state index in [4.69, 9.17) is 0 Å². The van der Waals surface area contributed by atoms with Crippen LogP contribution >= 0.6 is 0 Å². The zero-order valence-electron chi connectivity index (χ0n) is 20.3. The molecule has 0 unspecified atom stereocenters. The number of hydrogen-bond acceptors (Lipinski definition) is 3. The fraction of sp³-hybridized carbons (Fsp3) is 0.500. The lowest BCUT2D eigenvalue weighted by Gasteiger charge is -2.35. The number of hydrogen-bond donors (Lipinski definition) is 1. The maximum Gasteiger partial charge on any atom is 0.256 e. The van der Waals surface area contributed by atoms with Crippen molar-refractivity contribution in [3.63, 3.8) is 0 Å². The molecule has 0 radical (unpaired) electrons. The van der Waals surface area contributed by atoms with E-state index in [1.807, 2.05) is 43.9 Å². The molecule has 0 atom stereocenters. The molecule has 0 bridgehead atoms. The van der Waals surface area contributed by atoms with Crippen LogP contribution in [-0.4, -0.2) is 42.9 Å². The summed E-state index contributed by atoms with van der Waals surface area (Å²) in [6.45, 7) is 9.22. The van der Waals surface area contributed by atoms with Crippen molar-refractivity contribution in [2.75, 3.05) is 36.4 Å². The van der Waals surface area contributed by atoms with Crippen LogP contribution in [-0.2, 0) is 11.2 Å². The van der Waals surface area contributed by atoms with Crippen LogP contribution in [0.25, 0.3) is 0 Å². The lowest BCUT2D eigenvalue weighted by atomic mass is 9.89. The van der Waals surface area contributed by atoms with Gasteiger partial charge in [0, 0.05) is 43.0 Å². The van der Waals surface area contributed by atoms with Gasteiger partial charge in [-0.1, -0.05) is 51.1 Å². The molecule has 5 heteroatoms. The molecule has 33 heavy (non-hydrogen) atoms. The van der Waals surface area contributed by atoms with Crippen molar-refractivity contribution in [3.05, 3.63) is 59.7 Å². The van der Waals surface area contributed by atoms with Gasteiger partial charge in [-0.3, -0.25) is 9.59 Å². The van der Waals surface area contributed by atoms with E-state index in [2.05, 4.69) is 40.5 Å². The Morgan fingerprint density at radius 1 is 0.939 bits per heavy atom.